The van der Waals surface area contributed by atoms with Crippen molar-refractivity contribution in [1.82, 2.24) is 9.78 Å². The van der Waals surface area contributed by atoms with Crippen LogP contribution in [0.25, 0.3) is 5.69 Å². The maximum Gasteiger partial charge on any atom is 0.339 e. The smallest absolute Gasteiger partial charge is 0.339 e. The number of aryl methyl sites for hydroxylation is 1. The molecule has 27 heavy (non-hydrogen) atoms. The van der Waals surface area contributed by atoms with Crippen LogP contribution in [-0.4, -0.2) is 22.9 Å². The summed E-state index contributed by atoms with van der Waals surface area (Å²) >= 11 is 3.34. The van der Waals surface area contributed by atoms with E-state index in [4.69, 9.17) is 9.47 Å². The number of benzene rings is 2. The molecular formula is C20H16BrN3O3. The van der Waals surface area contributed by atoms with Crippen molar-refractivity contribution in [3.05, 3.63) is 75.5 Å². The molecular weight excluding hydrogens is 410 g/mol. The molecule has 0 saturated carbocycles. The van der Waals surface area contributed by atoms with E-state index in [1.165, 1.54) is 7.11 Å². The summed E-state index contributed by atoms with van der Waals surface area (Å²) in [6, 6.07) is 16.6. The summed E-state index contributed by atoms with van der Waals surface area (Å²) < 4.78 is 12.9. The number of ether oxygens (including phenoxy) is 2. The van der Waals surface area contributed by atoms with Gasteiger partial charge in [0.05, 0.1) is 29.7 Å². The van der Waals surface area contributed by atoms with E-state index in [-0.39, 0.29) is 6.61 Å². The highest BCUT2D eigenvalue weighted by atomic mass is 79.9. The van der Waals surface area contributed by atoms with E-state index in [1.54, 1.807) is 29.8 Å². The molecule has 0 spiro atoms. The van der Waals surface area contributed by atoms with Crippen molar-refractivity contribution in [2.45, 2.75) is 13.5 Å². The summed E-state index contributed by atoms with van der Waals surface area (Å²) in [5.41, 5.74) is 2.63. The van der Waals surface area contributed by atoms with Crippen LogP contribution in [0.1, 0.15) is 27.3 Å². The molecule has 1 aromatic heterocycles. The highest BCUT2D eigenvalue weighted by Gasteiger charge is 2.19. The minimum atomic E-state index is -0.525. The number of hydrogen-bond acceptors (Lipinski definition) is 5. The summed E-state index contributed by atoms with van der Waals surface area (Å²) in [6.45, 7) is 1.67. The third kappa shape index (κ3) is 3.86. The molecule has 0 aliphatic carbocycles. The highest BCUT2D eigenvalue weighted by molar-refractivity contribution is 9.10. The van der Waals surface area contributed by atoms with Gasteiger partial charge in [0, 0.05) is 4.47 Å². The molecule has 0 aliphatic rings. The first-order valence-corrected chi connectivity index (χ1v) is 8.89. The Kier molecular flexibility index (Phi) is 5.57. The fraction of sp³-hybridized carbons (Fsp3) is 0.150. The van der Waals surface area contributed by atoms with Crippen molar-refractivity contribution in [3.8, 4) is 17.5 Å². The Labute approximate surface area is 165 Å². The van der Waals surface area contributed by atoms with Gasteiger partial charge in [-0.25, -0.2) is 9.48 Å². The maximum atomic E-state index is 12.5. The number of carbonyl (C=O) groups excluding carboxylic acids is 1. The molecule has 0 saturated heterocycles. The van der Waals surface area contributed by atoms with E-state index in [2.05, 4.69) is 27.1 Å². The Balaban J connectivity index is 1.90. The van der Waals surface area contributed by atoms with Gasteiger partial charge in [-0.2, -0.15) is 10.4 Å². The molecule has 0 bridgehead atoms. The van der Waals surface area contributed by atoms with Gasteiger partial charge in [-0.15, -0.1) is 0 Å². The highest BCUT2D eigenvalue weighted by Crippen LogP contribution is 2.24. The Hall–Kier alpha value is -3.11. The molecule has 0 amide bonds. The van der Waals surface area contributed by atoms with Crippen molar-refractivity contribution in [2.24, 2.45) is 0 Å². The number of methoxy groups -OCH3 is 1. The standard InChI is InChI=1S/C20H16BrN3O3/c1-13-17(11-22)19(24(23-13)14-6-4-3-5-7-14)12-27-20(25)16-10-15(26-2)8-9-18(16)21/h3-10H,12H2,1-2H3. The summed E-state index contributed by atoms with van der Waals surface area (Å²) in [6.07, 6.45) is 0. The van der Waals surface area contributed by atoms with E-state index >= 15 is 0 Å². The van der Waals surface area contributed by atoms with Gasteiger partial charge in [-0.05, 0) is 53.2 Å². The number of aromatic nitrogens is 2. The molecule has 0 radical (unpaired) electrons. The zero-order valence-corrected chi connectivity index (χ0v) is 16.4. The first-order valence-electron chi connectivity index (χ1n) is 8.09. The zero-order valence-electron chi connectivity index (χ0n) is 14.8. The molecule has 3 rings (SSSR count). The molecule has 0 N–H and O–H groups in total. The van der Waals surface area contributed by atoms with Crippen LogP contribution in [0.3, 0.4) is 0 Å². The van der Waals surface area contributed by atoms with Gasteiger partial charge in [0.1, 0.15) is 24.0 Å². The normalized spacial score (nSPS) is 10.3. The Morgan fingerprint density at radius 1 is 1.26 bits per heavy atom. The van der Waals surface area contributed by atoms with E-state index in [9.17, 15) is 10.1 Å². The van der Waals surface area contributed by atoms with E-state index in [0.29, 0.717) is 32.7 Å². The third-order valence-corrected chi connectivity index (χ3v) is 4.69. The molecule has 0 atom stereocenters. The van der Waals surface area contributed by atoms with Crippen LogP contribution in [0.4, 0.5) is 0 Å². The second-order valence-electron chi connectivity index (χ2n) is 5.69. The van der Waals surface area contributed by atoms with Gasteiger partial charge in [0.25, 0.3) is 0 Å². The van der Waals surface area contributed by atoms with Gasteiger partial charge in [0.15, 0.2) is 0 Å². The van der Waals surface area contributed by atoms with Crippen molar-refractivity contribution in [1.29, 1.82) is 5.26 Å². The van der Waals surface area contributed by atoms with Crippen molar-refractivity contribution >= 4 is 21.9 Å². The van der Waals surface area contributed by atoms with E-state index in [0.717, 1.165) is 5.69 Å². The monoisotopic (exact) mass is 425 g/mol. The average Bonchev–Trinajstić information content (AvgIpc) is 3.02. The molecule has 0 fully saturated rings. The Bertz CT molecular complexity index is 1020. The van der Waals surface area contributed by atoms with Crippen LogP contribution in [0.5, 0.6) is 5.75 Å². The van der Waals surface area contributed by atoms with Crippen LogP contribution in [0, 0.1) is 18.3 Å². The fourth-order valence-electron chi connectivity index (χ4n) is 2.64. The molecule has 136 valence electrons. The number of nitriles is 1. The van der Waals surface area contributed by atoms with Gasteiger partial charge >= 0.3 is 5.97 Å². The predicted molar refractivity (Wildman–Crippen MR) is 103 cm³/mol. The third-order valence-electron chi connectivity index (χ3n) is 4.00. The predicted octanol–water partition coefficient (Wildman–Crippen LogP) is 4.18. The van der Waals surface area contributed by atoms with Gasteiger partial charge in [-0.3, -0.25) is 0 Å². The van der Waals surface area contributed by atoms with Gasteiger partial charge in [0.2, 0.25) is 0 Å². The summed E-state index contributed by atoms with van der Waals surface area (Å²) in [7, 11) is 1.53. The topological polar surface area (TPSA) is 77.1 Å². The molecule has 7 heteroatoms. The van der Waals surface area contributed by atoms with Crippen LogP contribution in [-0.2, 0) is 11.3 Å². The lowest BCUT2D eigenvalue weighted by Gasteiger charge is -2.10. The lowest BCUT2D eigenvalue weighted by Crippen LogP contribution is -2.10. The lowest BCUT2D eigenvalue weighted by atomic mass is 10.2. The Morgan fingerprint density at radius 2 is 2.00 bits per heavy atom. The minimum absolute atomic E-state index is 0.0822. The summed E-state index contributed by atoms with van der Waals surface area (Å²) in [5, 5.41) is 13.9. The fourth-order valence-corrected chi connectivity index (χ4v) is 3.04. The molecule has 3 aromatic rings. The molecule has 1 heterocycles. The SMILES string of the molecule is COc1ccc(Br)c(C(=O)OCc2c(C#N)c(C)nn2-c2ccccc2)c1. The molecule has 2 aromatic carbocycles. The van der Waals surface area contributed by atoms with Crippen LogP contribution in [0.15, 0.2) is 53.0 Å². The maximum absolute atomic E-state index is 12.5. The summed E-state index contributed by atoms with van der Waals surface area (Å²) in [5.74, 6) is 0.0242. The lowest BCUT2D eigenvalue weighted by molar-refractivity contribution is 0.0463. The Morgan fingerprint density at radius 3 is 2.67 bits per heavy atom. The number of halogens is 1. The number of hydrogen-bond donors (Lipinski definition) is 0. The average molecular weight is 426 g/mol. The van der Waals surface area contributed by atoms with Gasteiger partial charge < -0.3 is 9.47 Å². The van der Waals surface area contributed by atoms with Crippen molar-refractivity contribution in [3.63, 3.8) is 0 Å². The number of carbonyl (C=O) groups is 1. The number of para-hydroxylation sites is 1. The molecule has 6 nitrogen and oxygen atoms in total. The number of rotatable bonds is 5. The minimum Gasteiger partial charge on any atom is -0.497 e. The number of esters is 1. The first kappa shape index (κ1) is 18.7. The largest absolute Gasteiger partial charge is 0.497 e. The molecule has 0 unspecified atom stereocenters. The van der Waals surface area contributed by atoms with Gasteiger partial charge in [-0.1, -0.05) is 18.2 Å². The van der Waals surface area contributed by atoms with Crippen LogP contribution < -0.4 is 4.74 Å². The van der Waals surface area contributed by atoms with E-state index in [1.807, 2.05) is 30.3 Å². The van der Waals surface area contributed by atoms with Crippen LogP contribution in [0.2, 0.25) is 0 Å². The van der Waals surface area contributed by atoms with Crippen molar-refractivity contribution in [2.75, 3.05) is 7.11 Å². The molecule has 0 aliphatic heterocycles. The summed E-state index contributed by atoms with van der Waals surface area (Å²) in [4.78, 5) is 12.5. The first-order chi connectivity index (χ1) is 13.0. The number of nitrogens with zero attached hydrogens (tertiary/aromatic N) is 3. The quantitative estimate of drug-likeness (QED) is 0.572. The second kappa shape index (κ2) is 8.06. The van der Waals surface area contributed by atoms with E-state index < -0.39 is 5.97 Å². The second-order valence-corrected chi connectivity index (χ2v) is 6.54. The zero-order chi connectivity index (χ0) is 19.4. The van der Waals surface area contributed by atoms with Crippen molar-refractivity contribution < 1.29 is 14.3 Å². The van der Waals surface area contributed by atoms with Crippen LogP contribution >= 0.6 is 15.9 Å².